The van der Waals surface area contributed by atoms with Crippen LogP contribution in [-0.4, -0.2) is 36.2 Å². The fourth-order valence-corrected chi connectivity index (χ4v) is 3.50. The molecule has 2 heterocycles. The number of benzene rings is 1. The Balaban J connectivity index is 1.74. The van der Waals surface area contributed by atoms with Gasteiger partial charge >= 0.3 is 5.97 Å². The third-order valence-electron chi connectivity index (χ3n) is 4.53. The molecule has 1 aromatic carbocycles. The van der Waals surface area contributed by atoms with Gasteiger partial charge in [0.05, 0.1) is 29.9 Å². The van der Waals surface area contributed by atoms with E-state index in [2.05, 4.69) is 10.3 Å². The van der Waals surface area contributed by atoms with Crippen LogP contribution in [0.1, 0.15) is 57.9 Å². The molecular weight excluding hydrogens is 396 g/mol. The zero-order valence-corrected chi connectivity index (χ0v) is 17.7. The number of aryl methyl sites for hydroxylation is 1. The number of carbonyl (C=O) groups excluding carboxylic acids is 2. The number of nitrogens with one attached hydrogen (secondary N) is 2. The highest BCUT2D eigenvalue weighted by molar-refractivity contribution is 6.32. The summed E-state index contributed by atoms with van der Waals surface area (Å²) in [5, 5.41) is 3.29. The molecule has 29 heavy (non-hydrogen) atoms. The van der Waals surface area contributed by atoms with Gasteiger partial charge in [-0.1, -0.05) is 11.6 Å². The van der Waals surface area contributed by atoms with Crippen LogP contribution in [-0.2, 0) is 11.3 Å². The zero-order valence-electron chi connectivity index (χ0n) is 17.0. The molecule has 2 aromatic rings. The number of ether oxygens (including phenoxy) is 3. The van der Waals surface area contributed by atoms with Crippen molar-refractivity contribution in [2.75, 3.05) is 13.2 Å². The Hall–Kier alpha value is -2.67. The first kappa shape index (κ1) is 21.0. The summed E-state index contributed by atoms with van der Waals surface area (Å²) in [6.07, 6.45) is 0.544. The van der Waals surface area contributed by atoms with Gasteiger partial charge in [0.2, 0.25) is 0 Å². The quantitative estimate of drug-likeness (QED) is 0.715. The van der Waals surface area contributed by atoms with E-state index in [0.717, 1.165) is 12.0 Å². The summed E-state index contributed by atoms with van der Waals surface area (Å²) in [5.74, 6) is 0.339. The van der Waals surface area contributed by atoms with Crippen molar-refractivity contribution in [1.82, 2.24) is 10.3 Å². The van der Waals surface area contributed by atoms with Crippen LogP contribution in [0.25, 0.3) is 0 Å². The number of amides is 1. The number of rotatable bonds is 5. The Labute approximate surface area is 174 Å². The van der Waals surface area contributed by atoms with Crippen LogP contribution in [0.2, 0.25) is 5.02 Å². The molecule has 3 rings (SSSR count). The maximum atomic E-state index is 12.7. The largest absolute Gasteiger partial charge is 0.489 e. The fourth-order valence-electron chi connectivity index (χ4n) is 3.21. The first-order valence-corrected chi connectivity index (χ1v) is 9.92. The van der Waals surface area contributed by atoms with E-state index in [4.69, 9.17) is 25.8 Å². The number of aromatic amines is 1. The van der Waals surface area contributed by atoms with E-state index in [1.54, 1.807) is 33.8 Å². The second-order valence-corrected chi connectivity index (χ2v) is 7.62. The number of hydrogen-bond acceptors (Lipinski definition) is 5. The number of carbonyl (C=O) groups is 2. The van der Waals surface area contributed by atoms with Gasteiger partial charge in [-0.15, -0.1) is 0 Å². The topological polar surface area (TPSA) is 89.7 Å². The normalized spacial score (nSPS) is 13.2. The minimum atomic E-state index is -0.444. The summed E-state index contributed by atoms with van der Waals surface area (Å²) in [7, 11) is 0. The number of hydrogen-bond donors (Lipinski definition) is 2. The highest BCUT2D eigenvalue weighted by Gasteiger charge is 2.24. The van der Waals surface area contributed by atoms with Crippen molar-refractivity contribution in [2.45, 2.75) is 46.8 Å². The predicted molar refractivity (Wildman–Crippen MR) is 109 cm³/mol. The van der Waals surface area contributed by atoms with Gasteiger partial charge in [0.1, 0.15) is 5.69 Å². The van der Waals surface area contributed by atoms with Crippen LogP contribution in [0.15, 0.2) is 12.1 Å². The molecule has 0 unspecified atom stereocenters. The maximum Gasteiger partial charge on any atom is 0.340 e. The first-order valence-electron chi connectivity index (χ1n) is 9.54. The zero-order chi connectivity index (χ0) is 21.1. The summed E-state index contributed by atoms with van der Waals surface area (Å²) in [6, 6.07) is 3.55. The highest BCUT2D eigenvalue weighted by atomic mass is 35.5. The van der Waals surface area contributed by atoms with Gasteiger partial charge in [-0.05, 0) is 51.0 Å². The van der Waals surface area contributed by atoms with Gasteiger partial charge in [0.25, 0.3) is 5.91 Å². The molecule has 7 nitrogen and oxygen atoms in total. The van der Waals surface area contributed by atoms with Crippen molar-refractivity contribution in [1.29, 1.82) is 0 Å². The molecule has 1 amide bonds. The SMILES string of the molecule is Cc1[nH]c(C(=O)NCc2cc(Cl)c3c(c2)OCCCO3)c(C)c1C(=O)OC(C)C. The summed E-state index contributed by atoms with van der Waals surface area (Å²) < 4.78 is 16.6. The first-order chi connectivity index (χ1) is 13.8. The van der Waals surface area contributed by atoms with Crippen molar-refractivity contribution in [3.8, 4) is 11.5 Å². The van der Waals surface area contributed by atoms with E-state index >= 15 is 0 Å². The molecule has 0 radical (unpaired) electrons. The number of H-pyrrole nitrogens is 1. The molecule has 156 valence electrons. The van der Waals surface area contributed by atoms with Gasteiger partial charge in [-0.25, -0.2) is 4.79 Å². The molecule has 8 heteroatoms. The molecule has 0 saturated heterocycles. The molecule has 0 aliphatic carbocycles. The van der Waals surface area contributed by atoms with E-state index in [0.29, 0.717) is 52.3 Å². The Morgan fingerprint density at radius 3 is 2.69 bits per heavy atom. The molecule has 1 aliphatic rings. The van der Waals surface area contributed by atoms with Crippen molar-refractivity contribution < 1.29 is 23.8 Å². The lowest BCUT2D eigenvalue weighted by molar-refractivity contribution is 0.0376. The van der Waals surface area contributed by atoms with Gasteiger partial charge in [0, 0.05) is 18.7 Å². The molecule has 1 aliphatic heterocycles. The van der Waals surface area contributed by atoms with E-state index in [1.165, 1.54) is 0 Å². The van der Waals surface area contributed by atoms with Gasteiger partial charge in [-0.2, -0.15) is 0 Å². The number of aromatic nitrogens is 1. The summed E-state index contributed by atoms with van der Waals surface area (Å²) in [5.41, 5.74) is 2.66. The third-order valence-corrected chi connectivity index (χ3v) is 4.81. The monoisotopic (exact) mass is 420 g/mol. The van der Waals surface area contributed by atoms with Crippen LogP contribution in [0.5, 0.6) is 11.5 Å². The molecule has 0 spiro atoms. The van der Waals surface area contributed by atoms with Gasteiger partial charge in [-0.3, -0.25) is 4.79 Å². The van der Waals surface area contributed by atoms with E-state index in [-0.39, 0.29) is 18.6 Å². The molecule has 0 atom stereocenters. The number of esters is 1. The summed E-state index contributed by atoms with van der Waals surface area (Å²) in [6.45, 7) is 8.38. The Morgan fingerprint density at radius 2 is 1.97 bits per heavy atom. The average molecular weight is 421 g/mol. The Morgan fingerprint density at radius 1 is 1.24 bits per heavy atom. The van der Waals surface area contributed by atoms with Crippen LogP contribution >= 0.6 is 11.6 Å². The van der Waals surface area contributed by atoms with Crippen LogP contribution in [0.3, 0.4) is 0 Å². The average Bonchev–Trinajstić information content (AvgIpc) is 2.81. The fraction of sp³-hybridized carbons (Fsp3) is 0.429. The second kappa shape index (κ2) is 8.78. The lowest BCUT2D eigenvalue weighted by atomic mass is 10.1. The lowest BCUT2D eigenvalue weighted by Crippen LogP contribution is -2.24. The number of fused-ring (bicyclic) bond motifs is 1. The van der Waals surface area contributed by atoms with Crippen molar-refractivity contribution in [3.63, 3.8) is 0 Å². The number of halogens is 1. The smallest absolute Gasteiger partial charge is 0.340 e. The van der Waals surface area contributed by atoms with Crippen LogP contribution < -0.4 is 14.8 Å². The van der Waals surface area contributed by atoms with Gasteiger partial charge < -0.3 is 24.5 Å². The molecule has 0 bridgehead atoms. The van der Waals surface area contributed by atoms with Crippen LogP contribution in [0.4, 0.5) is 0 Å². The molecular formula is C21H25ClN2O5. The lowest BCUT2D eigenvalue weighted by Gasteiger charge is -2.12. The highest BCUT2D eigenvalue weighted by Crippen LogP contribution is 2.38. The Bertz CT molecular complexity index is 936. The molecule has 1 aromatic heterocycles. The second-order valence-electron chi connectivity index (χ2n) is 7.22. The van der Waals surface area contributed by atoms with Gasteiger partial charge in [0.15, 0.2) is 11.5 Å². The minimum Gasteiger partial charge on any atom is -0.489 e. The van der Waals surface area contributed by atoms with Crippen molar-refractivity contribution in [3.05, 3.63) is 45.2 Å². The summed E-state index contributed by atoms with van der Waals surface area (Å²) in [4.78, 5) is 28.0. The Kier molecular flexibility index (Phi) is 6.37. The minimum absolute atomic E-state index is 0.238. The third kappa shape index (κ3) is 4.67. The standard InChI is InChI=1S/C21H25ClN2O5/c1-11(2)29-21(26)17-12(3)18(24-13(17)4)20(25)23-10-14-8-15(22)19-16(9-14)27-6-5-7-28-19/h8-9,11,24H,5-7,10H2,1-4H3,(H,23,25). The van der Waals surface area contributed by atoms with E-state index in [9.17, 15) is 9.59 Å². The molecule has 0 fully saturated rings. The van der Waals surface area contributed by atoms with E-state index < -0.39 is 5.97 Å². The predicted octanol–water partition coefficient (Wildman–Crippen LogP) is 3.94. The van der Waals surface area contributed by atoms with Crippen molar-refractivity contribution >= 4 is 23.5 Å². The maximum absolute atomic E-state index is 12.7. The van der Waals surface area contributed by atoms with Crippen molar-refractivity contribution in [2.24, 2.45) is 0 Å². The van der Waals surface area contributed by atoms with E-state index in [1.807, 2.05) is 6.07 Å². The molecule has 2 N–H and O–H groups in total. The van der Waals surface area contributed by atoms with Crippen LogP contribution in [0, 0.1) is 13.8 Å². The molecule has 0 saturated carbocycles. The summed E-state index contributed by atoms with van der Waals surface area (Å²) >= 11 is 6.30.